The van der Waals surface area contributed by atoms with Crippen LogP contribution >= 0.6 is 22.7 Å². The van der Waals surface area contributed by atoms with Crippen LogP contribution in [0.5, 0.6) is 0 Å². The molecule has 3 heterocycles. The Morgan fingerprint density at radius 2 is 1.72 bits per heavy atom. The van der Waals surface area contributed by atoms with Crippen LogP contribution in [0, 0.1) is 6.92 Å². The quantitative estimate of drug-likeness (QED) is 0.195. The molecule has 1 atom stereocenters. The SMILES string of the molecule is Cc1ccc2nc(-c3ccc(N4C(=O)CC(N(C5CCCCCC5)S(=O)(=O)c5cccs5)C4=O)cc3)sc2c1. The summed E-state index contributed by atoms with van der Waals surface area (Å²) in [4.78, 5) is 32.9. The number of aryl methyl sites for hydroxylation is 1. The van der Waals surface area contributed by atoms with E-state index in [1.807, 2.05) is 31.2 Å². The molecule has 2 amide bonds. The zero-order valence-corrected chi connectivity index (χ0v) is 24.0. The highest BCUT2D eigenvalue weighted by Crippen LogP contribution is 2.37. The molecule has 1 saturated heterocycles. The second-order valence-corrected chi connectivity index (χ2v) is 14.3. The van der Waals surface area contributed by atoms with Crippen molar-refractivity contribution in [3.05, 3.63) is 65.5 Å². The molecule has 0 bridgehead atoms. The zero-order valence-electron chi connectivity index (χ0n) is 21.6. The lowest BCUT2D eigenvalue weighted by atomic mass is 10.1. The Morgan fingerprint density at radius 3 is 2.41 bits per heavy atom. The summed E-state index contributed by atoms with van der Waals surface area (Å²) in [7, 11) is -3.93. The molecule has 1 aliphatic heterocycles. The van der Waals surface area contributed by atoms with Crippen molar-refractivity contribution in [1.29, 1.82) is 0 Å². The van der Waals surface area contributed by atoms with Crippen LogP contribution in [0.15, 0.2) is 64.2 Å². The molecule has 0 radical (unpaired) electrons. The maximum Gasteiger partial charge on any atom is 0.253 e. The second kappa shape index (κ2) is 10.6. The number of thiophene rings is 1. The highest BCUT2D eigenvalue weighted by Gasteiger charge is 2.49. The first-order chi connectivity index (χ1) is 18.8. The molecule has 1 aliphatic carbocycles. The van der Waals surface area contributed by atoms with Crippen LogP contribution in [0.3, 0.4) is 0 Å². The molecule has 6 rings (SSSR count). The molecule has 1 saturated carbocycles. The van der Waals surface area contributed by atoms with Gasteiger partial charge in [0.05, 0.1) is 22.3 Å². The van der Waals surface area contributed by atoms with Gasteiger partial charge in [-0.15, -0.1) is 22.7 Å². The number of carbonyl (C=O) groups excluding carboxylic acids is 2. The van der Waals surface area contributed by atoms with Gasteiger partial charge in [0.1, 0.15) is 15.3 Å². The van der Waals surface area contributed by atoms with Crippen LogP contribution in [0.4, 0.5) is 5.69 Å². The average molecular weight is 580 g/mol. The number of fused-ring (bicyclic) bond motifs is 1. The van der Waals surface area contributed by atoms with Gasteiger partial charge in [-0.3, -0.25) is 9.59 Å². The normalized spacial score (nSPS) is 19.3. The number of anilines is 1. The third-order valence-corrected chi connectivity index (χ3v) is 12.0. The molecule has 202 valence electrons. The largest absolute Gasteiger partial charge is 0.274 e. The van der Waals surface area contributed by atoms with Crippen molar-refractivity contribution in [1.82, 2.24) is 9.29 Å². The molecule has 2 aromatic carbocycles. The lowest BCUT2D eigenvalue weighted by molar-refractivity contribution is -0.122. The monoisotopic (exact) mass is 579 g/mol. The van der Waals surface area contributed by atoms with Crippen molar-refractivity contribution >= 4 is 60.4 Å². The summed E-state index contributed by atoms with van der Waals surface area (Å²) >= 11 is 2.74. The lowest BCUT2D eigenvalue weighted by Gasteiger charge is -2.33. The van der Waals surface area contributed by atoms with Crippen LogP contribution in [-0.2, 0) is 19.6 Å². The van der Waals surface area contributed by atoms with E-state index >= 15 is 0 Å². The van der Waals surface area contributed by atoms with Gasteiger partial charge in [-0.1, -0.05) is 37.8 Å². The van der Waals surface area contributed by atoms with Crippen LogP contribution in [0.25, 0.3) is 20.8 Å². The number of imide groups is 1. The van der Waals surface area contributed by atoms with E-state index < -0.39 is 22.0 Å². The van der Waals surface area contributed by atoms with E-state index in [1.54, 1.807) is 41.0 Å². The fraction of sp³-hybridized carbons (Fsp3) is 0.345. The summed E-state index contributed by atoms with van der Waals surface area (Å²) in [6.45, 7) is 2.05. The number of aromatic nitrogens is 1. The van der Waals surface area contributed by atoms with Gasteiger partial charge in [0.15, 0.2) is 0 Å². The molecule has 2 aliphatic rings. The first kappa shape index (κ1) is 26.3. The van der Waals surface area contributed by atoms with E-state index in [-0.39, 0.29) is 22.6 Å². The van der Waals surface area contributed by atoms with Gasteiger partial charge >= 0.3 is 0 Å². The molecule has 1 unspecified atom stereocenters. The topological polar surface area (TPSA) is 87.7 Å². The summed E-state index contributed by atoms with van der Waals surface area (Å²) in [5.74, 6) is -0.860. The van der Waals surface area contributed by atoms with Gasteiger partial charge < -0.3 is 0 Å². The standard InChI is InChI=1S/C29H29N3O4S3/c1-19-10-15-23-25(17-19)38-28(30-23)20-11-13-21(14-12-20)31-26(33)18-24(29(31)34)32(22-7-4-2-3-5-8-22)39(35,36)27-9-6-16-37-27/h6,9-17,22,24H,2-5,7-8,18H2,1H3. The first-order valence-electron chi connectivity index (χ1n) is 13.2. The van der Waals surface area contributed by atoms with E-state index in [0.717, 1.165) is 62.7 Å². The Hall–Kier alpha value is -2.92. The van der Waals surface area contributed by atoms with E-state index in [9.17, 15) is 18.0 Å². The van der Waals surface area contributed by atoms with Gasteiger partial charge in [-0.2, -0.15) is 4.31 Å². The van der Waals surface area contributed by atoms with Crippen molar-refractivity contribution < 1.29 is 18.0 Å². The summed E-state index contributed by atoms with van der Waals surface area (Å²) in [5, 5.41) is 2.58. The number of amides is 2. The number of hydrogen-bond acceptors (Lipinski definition) is 7. The Balaban J connectivity index is 1.30. The van der Waals surface area contributed by atoms with Gasteiger partial charge in [0.2, 0.25) is 5.91 Å². The van der Waals surface area contributed by atoms with E-state index in [1.165, 1.54) is 9.87 Å². The second-order valence-electron chi connectivity index (χ2n) is 10.2. The molecule has 39 heavy (non-hydrogen) atoms. The molecule has 2 fully saturated rings. The smallest absolute Gasteiger partial charge is 0.253 e. The number of rotatable bonds is 6. The molecular formula is C29H29N3O4S3. The zero-order chi connectivity index (χ0) is 27.1. The predicted molar refractivity (Wildman–Crippen MR) is 156 cm³/mol. The third-order valence-electron chi connectivity index (χ3n) is 7.56. The molecule has 10 heteroatoms. The fourth-order valence-corrected chi connectivity index (χ4v) is 9.63. The van der Waals surface area contributed by atoms with Crippen molar-refractivity contribution in [2.75, 3.05) is 4.90 Å². The Labute approximate surface area is 236 Å². The van der Waals surface area contributed by atoms with Crippen molar-refractivity contribution in [2.45, 2.75) is 68.2 Å². The number of sulfonamides is 1. The first-order valence-corrected chi connectivity index (χ1v) is 16.4. The third kappa shape index (κ3) is 4.95. The summed E-state index contributed by atoms with van der Waals surface area (Å²) < 4.78 is 30.4. The predicted octanol–water partition coefficient (Wildman–Crippen LogP) is 6.38. The van der Waals surface area contributed by atoms with E-state index in [2.05, 4.69) is 6.07 Å². The molecule has 0 spiro atoms. The Kier molecular flexibility index (Phi) is 7.13. The molecule has 0 N–H and O–H groups in total. The number of carbonyl (C=O) groups is 2. The molecule has 2 aromatic heterocycles. The van der Waals surface area contributed by atoms with Gasteiger partial charge in [0.25, 0.3) is 15.9 Å². The van der Waals surface area contributed by atoms with Gasteiger partial charge in [-0.25, -0.2) is 18.3 Å². The van der Waals surface area contributed by atoms with Crippen LogP contribution in [0.2, 0.25) is 0 Å². The van der Waals surface area contributed by atoms with E-state index in [0.29, 0.717) is 18.5 Å². The number of benzene rings is 2. The van der Waals surface area contributed by atoms with Crippen LogP contribution < -0.4 is 4.90 Å². The maximum absolute atomic E-state index is 13.8. The maximum atomic E-state index is 13.8. The molecule has 4 aromatic rings. The van der Waals surface area contributed by atoms with Crippen molar-refractivity contribution in [2.24, 2.45) is 0 Å². The minimum Gasteiger partial charge on any atom is -0.274 e. The Morgan fingerprint density at radius 1 is 0.974 bits per heavy atom. The Bertz CT molecular complexity index is 1620. The summed E-state index contributed by atoms with van der Waals surface area (Å²) in [6.07, 6.45) is 5.15. The number of hydrogen-bond donors (Lipinski definition) is 0. The van der Waals surface area contributed by atoms with E-state index in [4.69, 9.17) is 4.98 Å². The lowest BCUT2D eigenvalue weighted by Crippen LogP contribution is -2.50. The fourth-order valence-electron chi connectivity index (χ4n) is 5.64. The van der Waals surface area contributed by atoms with Crippen molar-refractivity contribution in [3.63, 3.8) is 0 Å². The van der Waals surface area contributed by atoms with Crippen molar-refractivity contribution in [3.8, 4) is 10.6 Å². The molecular weight excluding hydrogens is 551 g/mol. The number of nitrogens with zero attached hydrogens (tertiary/aromatic N) is 3. The van der Waals surface area contributed by atoms with Crippen LogP contribution in [0.1, 0.15) is 50.5 Å². The van der Waals surface area contributed by atoms with Gasteiger partial charge in [-0.05, 0) is 73.2 Å². The minimum atomic E-state index is -3.93. The van der Waals surface area contributed by atoms with Gasteiger partial charge in [0, 0.05) is 11.6 Å². The summed E-state index contributed by atoms with van der Waals surface area (Å²) in [6, 6.07) is 15.3. The number of thiazole rings is 1. The average Bonchev–Trinajstić information content (AvgIpc) is 3.61. The van der Waals surface area contributed by atoms with Crippen LogP contribution in [-0.4, -0.2) is 41.6 Å². The minimum absolute atomic E-state index is 0.154. The highest BCUT2D eigenvalue weighted by molar-refractivity contribution is 7.91. The highest BCUT2D eigenvalue weighted by atomic mass is 32.2. The summed E-state index contributed by atoms with van der Waals surface area (Å²) in [5.41, 5.74) is 3.45. The molecule has 7 nitrogen and oxygen atoms in total.